The molecule has 132 valence electrons. The van der Waals surface area contributed by atoms with Crippen LogP contribution in [-0.4, -0.2) is 14.6 Å². The number of hydrogen-bond donors (Lipinski definition) is 1. The summed E-state index contributed by atoms with van der Waals surface area (Å²) in [5.41, 5.74) is 2.93. The van der Waals surface area contributed by atoms with Gasteiger partial charge in [-0.15, -0.1) is 0 Å². The molecule has 0 fully saturated rings. The van der Waals surface area contributed by atoms with Crippen LogP contribution in [0.4, 0.5) is 8.78 Å². The predicted molar refractivity (Wildman–Crippen MR) is 96.6 cm³/mol. The van der Waals surface area contributed by atoms with Crippen molar-refractivity contribution in [2.75, 3.05) is 0 Å². The molecule has 1 N–H and O–H groups in total. The third kappa shape index (κ3) is 2.58. The van der Waals surface area contributed by atoms with Gasteiger partial charge in [-0.1, -0.05) is 19.9 Å². The van der Waals surface area contributed by atoms with Gasteiger partial charge in [0.2, 0.25) is 5.56 Å². The van der Waals surface area contributed by atoms with Gasteiger partial charge in [0, 0.05) is 29.6 Å². The summed E-state index contributed by atoms with van der Waals surface area (Å²) in [6.07, 6.45) is 2.28. The molecule has 0 aliphatic heterocycles. The van der Waals surface area contributed by atoms with E-state index in [1.807, 2.05) is 24.4 Å². The number of H-pyrrole nitrogens is 1. The van der Waals surface area contributed by atoms with Gasteiger partial charge in [-0.2, -0.15) is 5.10 Å². The molecule has 0 atom stereocenters. The fourth-order valence-electron chi connectivity index (χ4n) is 3.39. The lowest BCUT2D eigenvalue weighted by Gasteiger charge is -2.09. The first kappa shape index (κ1) is 16.4. The third-order valence-corrected chi connectivity index (χ3v) is 4.58. The van der Waals surface area contributed by atoms with Gasteiger partial charge in [0.25, 0.3) is 0 Å². The van der Waals surface area contributed by atoms with Crippen LogP contribution in [0.25, 0.3) is 16.4 Å². The molecule has 0 amide bonds. The van der Waals surface area contributed by atoms with Gasteiger partial charge in [0.05, 0.1) is 16.7 Å². The number of aromatic amines is 1. The maximum atomic E-state index is 14.1. The Morgan fingerprint density at radius 2 is 2.00 bits per heavy atom. The Bertz CT molecular complexity index is 1190. The Labute approximate surface area is 148 Å². The zero-order chi connectivity index (χ0) is 18.4. The van der Waals surface area contributed by atoms with Crippen molar-refractivity contribution < 1.29 is 8.78 Å². The highest BCUT2D eigenvalue weighted by Gasteiger charge is 2.18. The minimum absolute atomic E-state index is 0.102. The summed E-state index contributed by atoms with van der Waals surface area (Å²) in [4.78, 5) is 14.4. The van der Waals surface area contributed by atoms with Crippen LogP contribution in [0.1, 0.15) is 36.6 Å². The molecule has 3 aromatic heterocycles. The fraction of sp³-hybridized carbons (Fsp3) is 0.200. The van der Waals surface area contributed by atoms with Crippen molar-refractivity contribution in [1.29, 1.82) is 0 Å². The van der Waals surface area contributed by atoms with E-state index in [-0.39, 0.29) is 11.4 Å². The molecule has 0 unspecified atom stereocenters. The molecule has 4 nitrogen and oxygen atoms in total. The Morgan fingerprint density at radius 1 is 1.19 bits per heavy atom. The van der Waals surface area contributed by atoms with E-state index in [2.05, 4.69) is 23.9 Å². The molecule has 4 rings (SSSR count). The second kappa shape index (κ2) is 6.05. The van der Waals surface area contributed by atoms with Gasteiger partial charge in [0.1, 0.15) is 0 Å². The number of nitrogens with zero attached hydrogens (tertiary/aromatic N) is 2. The summed E-state index contributed by atoms with van der Waals surface area (Å²) in [5.74, 6) is -1.83. The molecule has 0 aliphatic rings. The van der Waals surface area contributed by atoms with Crippen molar-refractivity contribution >= 4 is 16.4 Å². The Morgan fingerprint density at radius 3 is 2.77 bits per heavy atom. The first-order valence-electron chi connectivity index (χ1n) is 8.41. The molecule has 1 aromatic carbocycles. The molecule has 0 saturated carbocycles. The van der Waals surface area contributed by atoms with E-state index in [4.69, 9.17) is 0 Å². The Balaban J connectivity index is 1.96. The lowest BCUT2D eigenvalue weighted by molar-refractivity contribution is 0.515. The van der Waals surface area contributed by atoms with E-state index in [9.17, 15) is 13.6 Å². The summed E-state index contributed by atoms with van der Waals surface area (Å²) in [5, 5.41) is 5.13. The van der Waals surface area contributed by atoms with Crippen molar-refractivity contribution in [3.63, 3.8) is 0 Å². The number of rotatable bonds is 3. The molecule has 4 aromatic rings. The lowest BCUT2D eigenvalue weighted by atomic mass is 9.96. The number of nitrogens with one attached hydrogen (secondary N) is 1. The minimum atomic E-state index is -1.04. The van der Waals surface area contributed by atoms with E-state index in [0.717, 1.165) is 22.8 Å². The highest BCUT2D eigenvalue weighted by atomic mass is 19.2. The van der Waals surface area contributed by atoms with Crippen molar-refractivity contribution in [3.05, 3.63) is 81.4 Å². The van der Waals surface area contributed by atoms with Crippen molar-refractivity contribution in [1.82, 2.24) is 14.6 Å². The number of halogens is 2. The van der Waals surface area contributed by atoms with Crippen LogP contribution in [0.15, 0.2) is 47.4 Å². The third-order valence-electron chi connectivity index (χ3n) is 4.58. The van der Waals surface area contributed by atoms with Gasteiger partial charge in [-0.25, -0.2) is 13.3 Å². The minimum Gasteiger partial charge on any atom is -0.319 e. The summed E-state index contributed by atoms with van der Waals surface area (Å²) >= 11 is 0. The van der Waals surface area contributed by atoms with Gasteiger partial charge in [0.15, 0.2) is 11.6 Å². The zero-order valence-electron chi connectivity index (χ0n) is 14.4. The number of pyridine rings is 2. The molecule has 0 radical (unpaired) electrons. The second-order valence-corrected chi connectivity index (χ2v) is 6.67. The van der Waals surface area contributed by atoms with Crippen LogP contribution < -0.4 is 5.56 Å². The molecule has 0 aliphatic carbocycles. The summed E-state index contributed by atoms with van der Waals surface area (Å²) in [6.45, 7) is 4.10. The summed E-state index contributed by atoms with van der Waals surface area (Å²) in [6, 6.07) is 9.81. The van der Waals surface area contributed by atoms with Gasteiger partial charge < -0.3 is 4.98 Å². The molecule has 0 saturated heterocycles. The lowest BCUT2D eigenvalue weighted by Crippen LogP contribution is -2.09. The van der Waals surface area contributed by atoms with Crippen LogP contribution >= 0.6 is 0 Å². The van der Waals surface area contributed by atoms with Crippen molar-refractivity contribution in [2.24, 2.45) is 0 Å². The highest BCUT2D eigenvalue weighted by Crippen LogP contribution is 2.28. The van der Waals surface area contributed by atoms with Crippen LogP contribution in [-0.2, 0) is 6.42 Å². The molecule has 0 spiro atoms. The SMILES string of the molecule is CC(C)c1nn2ccccc2c1Cc1cc(=O)[nH]c2c(F)c(F)ccc12. The summed E-state index contributed by atoms with van der Waals surface area (Å²) in [7, 11) is 0. The first-order valence-corrected chi connectivity index (χ1v) is 8.41. The Hall–Kier alpha value is -3.02. The first-order chi connectivity index (χ1) is 12.5. The van der Waals surface area contributed by atoms with Gasteiger partial charge >= 0.3 is 0 Å². The van der Waals surface area contributed by atoms with E-state index in [0.29, 0.717) is 17.4 Å². The van der Waals surface area contributed by atoms with Crippen LogP contribution in [0.2, 0.25) is 0 Å². The molecule has 26 heavy (non-hydrogen) atoms. The molecule has 3 heterocycles. The van der Waals surface area contributed by atoms with E-state index >= 15 is 0 Å². The largest absolute Gasteiger partial charge is 0.319 e. The van der Waals surface area contributed by atoms with Crippen LogP contribution in [0.5, 0.6) is 0 Å². The second-order valence-electron chi connectivity index (χ2n) is 6.67. The van der Waals surface area contributed by atoms with Crippen LogP contribution in [0.3, 0.4) is 0 Å². The fourth-order valence-corrected chi connectivity index (χ4v) is 3.39. The normalized spacial score (nSPS) is 11.7. The highest BCUT2D eigenvalue weighted by molar-refractivity contribution is 5.83. The summed E-state index contributed by atoms with van der Waals surface area (Å²) < 4.78 is 29.5. The molecular weight excluding hydrogens is 336 g/mol. The number of hydrogen-bond acceptors (Lipinski definition) is 2. The smallest absolute Gasteiger partial charge is 0.248 e. The zero-order valence-corrected chi connectivity index (χ0v) is 14.4. The number of aromatic nitrogens is 3. The van der Waals surface area contributed by atoms with Gasteiger partial charge in [-0.3, -0.25) is 4.79 Å². The average molecular weight is 353 g/mol. The molecular formula is C20H17F2N3O. The van der Waals surface area contributed by atoms with Crippen molar-refractivity contribution in [2.45, 2.75) is 26.2 Å². The van der Waals surface area contributed by atoms with Crippen molar-refractivity contribution in [3.8, 4) is 0 Å². The quantitative estimate of drug-likeness (QED) is 0.601. The number of benzene rings is 1. The monoisotopic (exact) mass is 353 g/mol. The topological polar surface area (TPSA) is 50.2 Å². The van der Waals surface area contributed by atoms with Crippen LogP contribution in [0, 0.1) is 11.6 Å². The maximum absolute atomic E-state index is 14.1. The van der Waals surface area contributed by atoms with E-state index in [1.165, 1.54) is 12.1 Å². The predicted octanol–water partition coefficient (Wildman–Crippen LogP) is 4.17. The molecule has 0 bridgehead atoms. The van der Waals surface area contributed by atoms with E-state index < -0.39 is 17.2 Å². The number of fused-ring (bicyclic) bond motifs is 2. The average Bonchev–Trinajstić information content (AvgIpc) is 2.97. The standard InChI is InChI=1S/C20H17F2N3O/c1-11(2)19-14(16-5-3-4-8-25(16)24-19)9-12-10-17(26)23-20-13(12)6-7-15(21)18(20)22/h3-8,10-11H,9H2,1-2H3,(H,23,26). The van der Waals surface area contributed by atoms with E-state index in [1.54, 1.807) is 4.52 Å². The van der Waals surface area contributed by atoms with Gasteiger partial charge in [-0.05, 0) is 35.7 Å². The Kier molecular flexibility index (Phi) is 3.83. The maximum Gasteiger partial charge on any atom is 0.248 e. The molecule has 6 heteroatoms.